The fourth-order valence-electron chi connectivity index (χ4n) is 2.46. The predicted octanol–water partition coefficient (Wildman–Crippen LogP) is 3.40. The van der Waals surface area contributed by atoms with Gasteiger partial charge in [0, 0.05) is 5.69 Å². The Morgan fingerprint density at radius 3 is 2.32 bits per heavy atom. The first-order chi connectivity index (χ1) is 10.3. The van der Waals surface area contributed by atoms with Crippen LogP contribution in [0, 0.1) is 0 Å². The molecular weight excluding hydrogens is 297 g/mol. The highest BCUT2D eigenvalue weighted by Crippen LogP contribution is 2.24. The van der Waals surface area contributed by atoms with Crippen LogP contribution in [0.2, 0.25) is 0 Å². The molecule has 1 aromatic carbocycles. The van der Waals surface area contributed by atoms with E-state index in [0.29, 0.717) is 5.69 Å². The molecule has 22 heavy (non-hydrogen) atoms. The Morgan fingerprint density at radius 1 is 1.18 bits per heavy atom. The van der Waals surface area contributed by atoms with Gasteiger partial charge >= 0.3 is 6.36 Å². The van der Waals surface area contributed by atoms with Crippen LogP contribution in [-0.2, 0) is 4.79 Å². The fraction of sp³-hybridized carbons (Fsp3) is 0.533. The van der Waals surface area contributed by atoms with Gasteiger partial charge in [0.2, 0.25) is 5.91 Å². The van der Waals surface area contributed by atoms with E-state index in [2.05, 4.69) is 15.0 Å². The van der Waals surface area contributed by atoms with Crippen molar-refractivity contribution in [3.63, 3.8) is 0 Å². The Bertz CT molecular complexity index is 497. The molecule has 1 aliphatic heterocycles. The standard InChI is InChI=1S/C15H19F3N2O2/c1-11(20-9-3-2-4-10-20)14(21)19-12-5-7-13(8-6-12)22-15(16,17)18/h5-8,11H,2-4,9-10H2,1H3,(H,19,21). The quantitative estimate of drug-likeness (QED) is 0.925. The van der Waals surface area contributed by atoms with Crippen molar-refractivity contribution < 1.29 is 22.7 Å². The fourth-order valence-corrected chi connectivity index (χ4v) is 2.46. The lowest BCUT2D eigenvalue weighted by Gasteiger charge is -2.31. The second-order valence-corrected chi connectivity index (χ2v) is 5.33. The normalized spacial score (nSPS) is 17.8. The van der Waals surface area contributed by atoms with E-state index in [4.69, 9.17) is 0 Å². The highest BCUT2D eigenvalue weighted by atomic mass is 19.4. The molecular formula is C15H19F3N2O2. The summed E-state index contributed by atoms with van der Waals surface area (Å²) in [6, 6.07) is 4.87. The van der Waals surface area contributed by atoms with Gasteiger partial charge in [-0.25, -0.2) is 0 Å². The molecule has 4 nitrogen and oxygen atoms in total. The van der Waals surface area contributed by atoms with Gasteiger partial charge in [0.15, 0.2) is 0 Å². The Hall–Kier alpha value is -1.76. The second-order valence-electron chi connectivity index (χ2n) is 5.33. The summed E-state index contributed by atoms with van der Waals surface area (Å²) in [5.74, 6) is -0.471. The zero-order valence-corrected chi connectivity index (χ0v) is 12.3. The lowest BCUT2D eigenvalue weighted by atomic mass is 10.1. The average Bonchev–Trinajstić information content (AvgIpc) is 2.48. The summed E-state index contributed by atoms with van der Waals surface area (Å²) >= 11 is 0. The highest BCUT2D eigenvalue weighted by Gasteiger charge is 2.31. The van der Waals surface area contributed by atoms with Crippen LogP contribution in [0.3, 0.4) is 0 Å². The molecule has 0 aromatic heterocycles. The van der Waals surface area contributed by atoms with E-state index in [1.165, 1.54) is 30.7 Å². The Morgan fingerprint density at radius 2 is 1.77 bits per heavy atom. The van der Waals surface area contributed by atoms with Gasteiger partial charge in [-0.05, 0) is 57.1 Å². The number of amides is 1. The maximum absolute atomic E-state index is 12.2. The van der Waals surface area contributed by atoms with Crippen molar-refractivity contribution in [2.24, 2.45) is 0 Å². The molecule has 2 rings (SSSR count). The van der Waals surface area contributed by atoms with Crippen LogP contribution in [0.4, 0.5) is 18.9 Å². The summed E-state index contributed by atoms with van der Waals surface area (Å²) < 4.78 is 40.0. The van der Waals surface area contributed by atoms with Gasteiger partial charge in [-0.15, -0.1) is 13.2 Å². The van der Waals surface area contributed by atoms with Crippen LogP contribution in [-0.4, -0.2) is 36.3 Å². The molecule has 0 radical (unpaired) electrons. The van der Waals surface area contributed by atoms with Crippen LogP contribution in [0.5, 0.6) is 5.75 Å². The van der Waals surface area contributed by atoms with Crippen molar-refractivity contribution in [3.8, 4) is 5.75 Å². The van der Waals surface area contributed by atoms with Crippen LogP contribution in [0.1, 0.15) is 26.2 Å². The number of hydrogen-bond acceptors (Lipinski definition) is 3. The Balaban J connectivity index is 1.91. The van der Waals surface area contributed by atoms with Gasteiger partial charge in [0.25, 0.3) is 0 Å². The number of anilines is 1. The third-order valence-electron chi connectivity index (χ3n) is 3.67. The third kappa shape index (κ3) is 4.91. The summed E-state index contributed by atoms with van der Waals surface area (Å²) in [5, 5.41) is 2.71. The highest BCUT2D eigenvalue weighted by molar-refractivity contribution is 5.94. The number of benzene rings is 1. The molecule has 122 valence electrons. The Labute approximate surface area is 127 Å². The topological polar surface area (TPSA) is 41.6 Å². The van der Waals surface area contributed by atoms with Crippen LogP contribution >= 0.6 is 0 Å². The van der Waals surface area contributed by atoms with Crippen LogP contribution in [0.15, 0.2) is 24.3 Å². The molecule has 7 heteroatoms. The summed E-state index contributed by atoms with van der Waals surface area (Å²) in [6.45, 7) is 3.63. The van der Waals surface area contributed by atoms with E-state index >= 15 is 0 Å². The van der Waals surface area contributed by atoms with Gasteiger partial charge in [-0.2, -0.15) is 0 Å². The van der Waals surface area contributed by atoms with E-state index in [9.17, 15) is 18.0 Å². The number of nitrogens with zero attached hydrogens (tertiary/aromatic N) is 1. The number of ether oxygens (including phenoxy) is 1. The van der Waals surface area contributed by atoms with Crippen molar-refractivity contribution in [1.29, 1.82) is 0 Å². The lowest BCUT2D eigenvalue weighted by molar-refractivity contribution is -0.274. The summed E-state index contributed by atoms with van der Waals surface area (Å²) in [6.07, 6.45) is -1.36. The zero-order valence-electron chi connectivity index (χ0n) is 12.3. The largest absolute Gasteiger partial charge is 0.573 e. The van der Waals surface area contributed by atoms with Crippen molar-refractivity contribution in [2.75, 3.05) is 18.4 Å². The van der Waals surface area contributed by atoms with Crippen LogP contribution in [0.25, 0.3) is 0 Å². The van der Waals surface area contributed by atoms with E-state index in [0.717, 1.165) is 25.9 Å². The molecule has 1 saturated heterocycles. The van der Waals surface area contributed by atoms with Crippen molar-refractivity contribution in [2.45, 2.75) is 38.6 Å². The molecule has 1 N–H and O–H groups in total. The molecule has 0 spiro atoms. The number of alkyl halides is 3. The van der Waals surface area contributed by atoms with Gasteiger partial charge in [-0.1, -0.05) is 6.42 Å². The number of piperidine rings is 1. The molecule has 1 amide bonds. The second kappa shape index (κ2) is 7.00. The van der Waals surface area contributed by atoms with E-state index in [1.807, 2.05) is 6.92 Å². The molecule has 1 atom stereocenters. The first kappa shape index (κ1) is 16.6. The van der Waals surface area contributed by atoms with Crippen molar-refractivity contribution >= 4 is 11.6 Å². The third-order valence-corrected chi connectivity index (χ3v) is 3.67. The number of halogens is 3. The van der Waals surface area contributed by atoms with E-state index < -0.39 is 6.36 Å². The summed E-state index contributed by atoms with van der Waals surface area (Å²) in [5.41, 5.74) is 0.448. The first-order valence-electron chi connectivity index (χ1n) is 7.26. The smallest absolute Gasteiger partial charge is 0.406 e. The molecule has 1 fully saturated rings. The van der Waals surface area contributed by atoms with Gasteiger partial charge in [0.1, 0.15) is 5.75 Å². The zero-order chi connectivity index (χ0) is 16.2. The summed E-state index contributed by atoms with van der Waals surface area (Å²) in [4.78, 5) is 14.3. The minimum atomic E-state index is -4.71. The molecule has 1 aliphatic rings. The van der Waals surface area contributed by atoms with E-state index in [-0.39, 0.29) is 17.7 Å². The number of hydrogen-bond donors (Lipinski definition) is 1. The number of rotatable bonds is 4. The lowest BCUT2D eigenvalue weighted by Crippen LogP contribution is -2.44. The monoisotopic (exact) mass is 316 g/mol. The SMILES string of the molecule is CC(C(=O)Nc1ccc(OC(F)(F)F)cc1)N1CCCCC1. The number of likely N-dealkylation sites (tertiary alicyclic amines) is 1. The van der Waals surface area contributed by atoms with Gasteiger partial charge in [-0.3, -0.25) is 9.69 Å². The maximum atomic E-state index is 12.2. The minimum absolute atomic E-state index is 0.161. The predicted molar refractivity (Wildman–Crippen MR) is 76.6 cm³/mol. The molecule has 1 aromatic rings. The van der Waals surface area contributed by atoms with Gasteiger partial charge in [0.05, 0.1) is 6.04 Å². The molecule has 1 unspecified atom stereocenters. The number of nitrogens with one attached hydrogen (secondary N) is 1. The van der Waals surface area contributed by atoms with Crippen LogP contribution < -0.4 is 10.1 Å². The Kier molecular flexibility index (Phi) is 5.28. The van der Waals surface area contributed by atoms with Crippen molar-refractivity contribution in [3.05, 3.63) is 24.3 Å². The number of carbonyl (C=O) groups is 1. The minimum Gasteiger partial charge on any atom is -0.406 e. The van der Waals surface area contributed by atoms with Crippen molar-refractivity contribution in [1.82, 2.24) is 4.90 Å². The average molecular weight is 316 g/mol. The van der Waals surface area contributed by atoms with E-state index in [1.54, 1.807) is 0 Å². The molecule has 1 heterocycles. The maximum Gasteiger partial charge on any atom is 0.573 e. The first-order valence-corrected chi connectivity index (χ1v) is 7.26. The number of carbonyl (C=O) groups excluding carboxylic acids is 1. The molecule has 0 aliphatic carbocycles. The molecule has 0 saturated carbocycles. The molecule has 0 bridgehead atoms. The van der Waals surface area contributed by atoms with Gasteiger partial charge < -0.3 is 10.1 Å². The summed E-state index contributed by atoms with van der Waals surface area (Å²) in [7, 11) is 0.